The van der Waals surface area contributed by atoms with Crippen LogP contribution in [-0.2, 0) is 13.2 Å². The molecular formula is C17H21NO2. The summed E-state index contributed by atoms with van der Waals surface area (Å²) in [6.45, 7) is 4.15. The minimum atomic E-state index is 0.156. The van der Waals surface area contributed by atoms with Crippen LogP contribution >= 0.6 is 0 Å². The van der Waals surface area contributed by atoms with Crippen LogP contribution in [0.2, 0.25) is 0 Å². The summed E-state index contributed by atoms with van der Waals surface area (Å²) in [6.07, 6.45) is 0. The molecule has 0 radical (unpaired) electrons. The third-order valence-electron chi connectivity index (χ3n) is 3.04. The first-order valence-electron chi connectivity index (χ1n) is 6.87. The van der Waals surface area contributed by atoms with E-state index >= 15 is 0 Å². The second-order valence-corrected chi connectivity index (χ2v) is 4.82. The summed E-state index contributed by atoms with van der Waals surface area (Å²) >= 11 is 0. The van der Waals surface area contributed by atoms with Gasteiger partial charge >= 0.3 is 0 Å². The van der Waals surface area contributed by atoms with Crippen LogP contribution in [0.15, 0.2) is 48.5 Å². The highest BCUT2D eigenvalue weighted by atomic mass is 16.5. The van der Waals surface area contributed by atoms with E-state index in [-0.39, 0.29) is 6.61 Å². The third kappa shape index (κ3) is 4.68. The Bertz CT molecular complexity index is 523. The van der Waals surface area contributed by atoms with E-state index in [2.05, 4.69) is 36.5 Å². The topological polar surface area (TPSA) is 41.5 Å². The van der Waals surface area contributed by atoms with Gasteiger partial charge in [0.15, 0.2) is 0 Å². The van der Waals surface area contributed by atoms with E-state index in [4.69, 9.17) is 9.84 Å². The Balaban J connectivity index is 1.89. The zero-order valence-electron chi connectivity index (χ0n) is 11.8. The summed E-state index contributed by atoms with van der Waals surface area (Å²) < 4.78 is 5.80. The molecule has 0 heterocycles. The normalized spacial score (nSPS) is 10.5. The summed E-state index contributed by atoms with van der Waals surface area (Å²) in [4.78, 5) is 0. The van der Waals surface area contributed by atoms with E-state index in [0.717, 1.165) is 17.9 Å². The average molecular weight is 271 g/mol. The molecule has 20 heavy (non-hydrogen) atoms. The molecule has 2 aromatic rings. The van der Waals surface area contributed by atoms with Gasteiger partial charge in [-0.15, -0.1) is 0 Å². The number of aliphatic hydroxyl groups excluding tert-OH is 1. The van der Waals surface area contributed by atoms with E-state index in [0.29, 0.717) is 13.2 Å². The van der Waals surface area contributed by atoms with Crippen LogP contribution in [0.4, 0.5) is 0 Å². The Morgan fingerprint density at radius 2 is 1.85 bits per heavy atom. The number of hydrogen-bond acceptors (Lipinski definition) is 3. The molecule has 2 rings (SSSR count). The maximum atomic E-state index is 8.74. The highest BCUT2D eigenvalue weighted by molar-refractivity contribution is 5.29. The zero-order valence-corrected chi connectivity index (χ0v) is 11.8. The van der Waals surface area contributed by atoms with Crippen LogP contribution in [0.25, 0.3) is 0 Å². The Morgan fingerprint density at radius 1 is 1.05 bits per heavy atom. The van der Waals surface area contributed by atoms with Crippen LogP contribution in [-0.4, -0.2) is 18.3 Å². The van der Waals surface area contributed by atoms with Gasteiger partial charge in [0.25, 0.3) is 0 Å². The van der Waals surface area contributed by atoms with Gasteiger partial charge in [0.05, 0.1) is 6.61 Å². The van der Waals surface area contributed by atoms with Crippen molar-refractivity contribution >= 4 is 0 Å². The number of nitrogens with one attached hydrogen (secondary N) is 1. The maximum absolute atomic E-state index is 8.74. The SMILES string of the molecule is Cc1ccc(COc2cccc(CNCCO)c2)cc1. The predicted octanol–water partition coefficient (Wildman–Crippen LogP) is 2.66. The van der Waals surface area contributed by atoms with Crippen LogP contribution in [0.3, 0.4) is 0 Å². The molecule has 0 atom stereocenters. The van der Waals surface area contributed by atoms with Gasteiger partial charge in [-0.05, 0) is 30.2 Å². The van der Waals surface area contributed by atoms with Crippen LogP contribution in [0.5, 0.6) is 5.75 Å². The maximum Gasteiger partial charge on any atom is 0.120 e. The van der Waals surface area contributed by atoms with Gasteiger partial charge < -0.3 is 15.2 Å². The molecule has 0 amide bonds. The van der Waals surface area contributed by atoms with Crippen molar-refractivity contribution < 1.29 is 9.84 Å². The lowest BCUT2D eigenvalue weighted by Crippen LogP contribution is -2.17. The van der Waals surface area contributed by atoms with Crippen molar-refractivity contribution in [3.63, 3.8) is 0 Å². The molecule has 0 saturated carbocycles. The minimum Gasteiger partial charge on any atom is -0.489 e. The zero-order chi connectivity index (χ0) is 14.2. The number of aryl methyl sites for hydroxylation is 1. The number of ether oxygens (including phenoxy) is 1. The molecule has 0 saturated heterocycles. The molecule has 0 aromatic heterocycles. The van der Waals surface area contributed by atoms with Gasteiger partial charge in [-0.2, -0.15) is 0 Å². The molecule has 3 heteroatoms. The van der Waals surface area contributed by atoms with Crippen LogP contribution in [0.1, 0.15) is 16.7 Å². The van der Waals surface area contributed by atoms with Gasteiger partial charge in [0.1, 0.15) is 12.4 Å². The molecule has 3 nitrogen and oxygen atoms in total. The van der Waals surface area contributed by atoms with Crippen molar-refractivity contribution in [3.05, 3.63) is 65.2 Å². The Labute approximate surface area is 120 Å². The van der Waals surface area contributed by atoms with Gasteiger partial charge in [0, 0.05) is 13.1 Å². The molecule has 2 N–H and O–H groups in total. The summed E-state index contributed by atoms with van der Waals surface area (Å²) in [7, 11) is 0. The monoisotopic (exact) mass is 271 g/mol. The van der Waals surface area contributed by atoms with Gasteiger partial charge in [-0.3, -0.25) is 0 Å². The molecule has 0 aliphatic heterocycles. The highest BCUT2D eigenvalue weighted by Gasteiger charge is 1.98. The Hall–Kier alpha value is -1.84. The number of rotatable bonds is 7. The van der Waals surface area contributed by atoms with E-state index in [9.17, 15) is 0 Å². The highest BCUT2D eigenvalue weighted by Crippen LogP contribution is 2.15. The lowest BCUT2D eigenvalue weighted by atomic mass is 10.2. The minimum absolute atomic E-state index is 0.156. The molecular weight excluding hydrogens is 250 g/mol. The van der Waals surface area contributed by atoms with Crippen molar-refractivity contribution in [2.45, 2.75) is 20.1 Å². The summed E-state index contributed by atoms with van der Waals surface area (Å²) in [5.74, 6) is 0.869. The van der Waals surface area contributed by atoms with Crippen molar-refractivity contribution in [1.29, 1.82) is 0 Å². The standard InChI is InChI=1S/C17H21NO2/c1-14-5-7-15(8-6-14)13-20-17-4-2-3-16(11-17)12-18-9-10-19/h2-8,11,18-19H,9-10,12-13H2,1H3. The van der Waals surface area contributed by atoms with Crippen LogP contribution < -0.4 is 10.1 Å². The summed E-state index contributed by atoms with van der Waals surface area (Å²) in [5, 5.41) is 11.9. The second kappa shape index (κ2) is 7.68. The summed E-state index contributed by atoms with van der Waals surface area (Å²) in [6, 6.07) is 16.4. The fraction of sp³-hybridized carbons (Fsp3) is 0.294. The molecule has 0 aliphatic rings. The average Bonchev–Trinajstić information content (AvgIpc) is 2.47. The van der Waals surface area contributed by atoms with Crippen LogP contribution in [0, 0.1) is 6.92 Å². The molecule has 0 spiro atoms. The van der Waals surface area contributed by atoms with E-state index in [1.165, 1.54) is 11.1 Å². The third-order valence-corrected chi connectivity index (χ3v) is 3.04. The molecule has 0 bridgehead atoms. The first kappa shape index (κ1) is 14.6. The molecule has 2 aromatic carbocycles. The quantitative estimate of drug-likeness (QED) is 0.761. The largest absolute Gasteiger partial charge is 0.489 e. The number of aliphatic hydroxyl groups is 1. The van der Waals surface area contributed by atoms with E-state index in [1.807, 2.05) is 24.3 Å². The Morgan fingerprint density at radius 3 is 2.60 bits per heavy atom. The fourth-order valence-corrected chi connectivity index (χ4v) is 1.91. The van der Waals surface area contributed by atoms with E-state index in [1.54, 1.807) is 0 Å². The predicted molar refractivity (Wildman–Crippen MR) is 80.7 cm³/mol. The molecule has 0 aliphatic carbocycles. The number of benzene rings is 2. The van der Waals surface area contributed by atoms with Gasteiger partial charge in [-0.25, -0.2) is 0 Å². The first-order valence-corrected chi connectivity index (χ1v) is 6.87. The van der Waals surface area contributed by atoms with Crippen molar-refractivity contribution in [3.8, 4) is 5.75 Å². The fourth-order valence-electron chi connectivity index (χ4n) is 1.91. The van der Waals surface area contributed by atoms with Crippen molar-refractivity contribution in [2.24, 2.45) is 0 Å². The van der Waals surface area contributed by atoms with Crippen molar-refractivity contribution in [1.82, 2.24) is 5.32 Å². The summed E-state index contributed by atoms with van der Waals surface area (Å²) in [5.41, 5.74) is 3.57. The molecule has 0 unspecified atom stereocenters. The van der Waals surface area contributed by atoms with E-state index < -0.39 is 0 Å². The molecule has 0 fully saturated rings. The second-order valence-electron chi connectivity index (χ2n) is 4.82. The van der Waals surface area contributed by atoms with Crippen molar-refractivity contribution in [2.75, 3.05) is 13.2 Å². The van der Waals surface area contributed by atoms with Gasteiger partial charge in [-0.1, -0.05) is 42.0 Å². The smallest absolute Gasteiger partial charge is 0.120 e. The lowest BCUT2D eigenvalue weighted by Gasteiger charge is -2.09. The lowest BCUT2D eigenvalue weighted by molar-refractivity contribution is 0.291. The number of hydrogen-bond donors (Lipinski definition) is 2. The molecule has 106 valence electrons. The first-order chi connectivity index (χ1) is 9.78. The Kier molecular flexibility index (Phi) is 5.59. The van der Waals surface area contributed by atoms with Gasteiger partial charge in [0.2, 0.25) is 0 Å².